The fraction of sp³-hybridized carbons (Fsp3) is 0.241. The Morgan fingerprint density at radius 3 is 2.20 bits per heavy atom. The van der Waals surface area contributed by atoms with Gasteiger partial charge in [0.15, 0.2) is 11.5 Å². The highest BCUT2D eigenvalue weighted by atomic mass is 19.4. The van der Waals surface area contributed by atoms with E-state index in [1.807, 2.05) is 13.8 Å². The number of anilines is 1. The van der Waals surface area contributed by atoms with Crippen LogP contribution in [0.25, 0.3) is 10.8 Å². The van der Waals surface area contributed by atoms with Gasteiger partial charge in [-0.2, -0.15) is 13.2 Å². The first kappa shape index (κ1) is 28.3. The molecule has 0 saturated carbocycles. The number of benzene rings is 2. The summed E-state index contributed by atoms with van der Waals surface area (Å²) in [5, 5.41) is 0.670. The van der Waals surface area contributed by atoms with Crippen molar-refractivity contribution < 1.29 is 37.0 Å². The molecule has 0 aliphatic carbocycles. The maximum Gasteiger partial charge on any atom is 0.471 e. The van der Waals surface area contributed by atoms with Gasteiger partial charge in [0.05, 0.1) is 26.9 Å². The Hall–Kier alpha value is -4.67. The monoisotopic (exact) mass is 553 g/mol. The molecule has 1 amide bonds. The number of ketones is 1. The number of fused-ring (bicyclic) bond motifs is 1. The highest BCUT2D eigenvalue weighted by Crippen LogP contribution is 2.36. The predicted molar refractivity (Wildman–Crippen MR) is 142 cm³/mol. The maximum absolute atomic E-state index is 13.6. The number of rotatable bonds is 9. The third-order valence-corrected chi connectivity index (χ3v) is 5.95. The molecular formula is C29H26F3N3O5. The highest BCUT2D eigenvalue weighted by molar-refractivity contribution is 6.16. The SMILES string of the molecule is COc1cc2c(CN(C(=O)C(F)(F)F)c3ccncc3)cnc(C(=O)c3cccc(OC(C)C)c3)c2cc1OC. The molecule has 208 valence electrons. The van der Waals surface area contributed by atoms with E-state index in [0.29, 0.717) is 27.0 Å². The van der Waals surface area contributed by atoms with E-state index in [-0.39, 0.29) is 34.5 Å². The number of alkyl halides is 3. The summed E-state index contributed by atoms with van der Waals surface area (Å²) in [6.07, 6.45) is -1.38. The Morgan fingerprint density at radius 1 is 0.950 bits per heavy atom. The fourth-order valence-corrected chi connectivity index (χ4v) is 4.18. The Kier molecular flexibility index (Phi) is 8.22. The van der Waals surface area contributed by atoms with Crippen molar-refractivity contribution >= 4 is 28.2 Å². The van der Waals surface area contributed by atoms with E-state index in [9.17, 15) is 22.8 Å². The van der Waals surface area contributed by atoms with Crippen LogP contribution >= 0.6 is 0 Å². The zero-order chi connectivity index (χ0) is 29.0. The van der Waals surface area contributed by atoms with Crippen LogP contribution in [0.15, 0.2) is 67.1 Å². The molecule has 0 spiro atoms. The van der Waals surface area contributed by atoms with Crippen molar-refractivity contribution in [3.05, 3.63) is 83.9 Å². The highest BCUT2D eigenvalue weighted by Gasteiger charge is 2.43. The summed E-state index contributed by atoms with van der Waals surface area (Å²) < 4.78 is 57.3. The topological polar surface area (TPSA) is 90.9 Å². The molecule has 4 aromatic rings. The average Bonchev–Trinajstić information content (AvgIpc) is 2.94. The molecule has 4 rings (SSSR count). The molecule has 0 saturated heterocycles. The van der Waals surface area contributed by atoms with Gasteiger partial charge in [-0.3, -0.25) is 24.5 Å². The Morgan fingerprint density at radius 2 is 1.60 bits per heavy atom. The van der Waals surface area contributed by atoms with E-state index in [0.717, 1.165) is 0 Å². The summed E-state index contributed by atoms with van der Waals surface area (Å²) >= 11 is 0. The predicted octanol–water partition coefficient (Wildman–Crippen LogP) is 5.76. The molecule has 0 atom stereocenters. The van der Waals surface area contributed by atoms with E-state index < -0.39 is 24.4 Å². The van der Waals surface area contributed by atoms with Crippen LogP contribution in [0.5, 0.6) is 17.2 Å². The van der Waals surface area contributed by atoms with Gasteiger partial charge in [-0.15, -0.1) is 0 Å². The second kappa shape index (κ2) is 11.6. The Labute approximate surface area is 228 Å². The van der Waals surface area contributed by atoms with Gasteiger partial charge in [0, 0.05) is 35.2 Å². The lowest BCUT2D eigenvalue weighted by atomic mass is 9.98. The van der Waals surface area contributed by atoms with E-state index in [1.54, 1.807) is 30.3 Å². The van der Waals surface area contributed by atoms with Gasteiger partial charge in [0.2, 0.25) is 5.78 Å². The van der Waals surface area contributed by atoms with Crippen molar-refractivity contribution in [2.75, 3.05) is 19.1 Å². The number of amides is 1. The molecule has 0 N–H and O–H groups in total. The molecule has 0 aliphatic rings. The largest absolute Gasteiger partial charge is 0.493 e. The second-order valence-corrected chi connectivity index (χ2v) is 9.00. The van der Waals surface area contributed by atoms with Crippen molar-refractivity contribution in [1.82, 2.24) is 9.97 Å². The van der Waals surface area contributed by atoms with Crippen LogP contribution in [0.1, 0.15) is 35.5 Å². The summed E-state index contributed by atoms with van der Waals surface area (Å²) in [6.45, 7) is 3.23. The molecule has 0 radical (unpaired) electrons. The van der Waals surface area contributed by atoms with Gasteiger partial charge >= 0.3 is 12.1 Å². The number of carbonyl (C=O) groups excluding carboxylic acids is 2. The maximum atomic E-state index is 13.6. The number of methoxy groups -OCH3 is 2. The molecule has 0 unspecified atom stereocenters. The first-order valence-corrected chi connectivity index (χ1v) is 12.2. The number of carbonyl (C=O) groups is 2. The molecule has 40 heavy (non-hydrogen) atoms. The van der Waals surface area contributed by atoms with Crippen molar-refractivity contribution in [3.8, 4) is 17.2 Å². The number of hydrogen-bond acceptors (Lipinski definition) is 7. The lowest BCUT2D eigenvalue weighted by molar-refractivity contribution is -0.170. The van der Waals surface area contributed by atoms with Crippen molar-refractivity contribution in [2.24, 2.45) is 0 Å². The first-order chi connectivity index (χ1) is 19.0. The van der Waals surface area contributed by atoms with Crippen molar-refractivity contribution in [1.29, 1.82) is 0 Å². The third kappa shape index (κ3) is 5.98. The smallest absolute Gasteiger partial charge is 0.471 e. The quantitative estimate of drug-likeness (QED) is 0.244. The molecule has 0 aliphatic heterocycles. The number of hydrogen-bond donors (Lipinski definition) is 0. The summed E-state index contributed by atoms with van der Waals surface area (Å²) in [5.74, 6) is -1.42. The minimum Gasteiger partial charge on any atom is -0.493 e. The van der Waals surface area contributed by atoms with Crippen molar-refractivity contribution in [3.63, 3.8) is 0 Å². The normalized spacial score (nSPS) is 11.4. The number of pyridine rings is 2. The van der Waals surface area contributed by atoms with Crippen LogP contribution < -0.4 is 19.1 Å². The molecular weight excluding hydrogens is 527 g/mol. The average molecular weight is 554 g/mol. The molecule has 0 fully saturated rings. The first-order valence-electron chi connectivity index (χ1n) is 12.2. The minimum absolute atomic E-state index is 0.00641. The fourth-order valence-electron chi connectivity index (χ4n) is 4.18. The summed E-state index contributed by atoms with van der Waals surface area (Å²) in [5.41, 5.74) is 0.589. The Balaban J connectivity index is 1.88. The van der Waals surface area contributed by atoms with Crippen LogP contribution in [0, 0.1) is 0 Å². The molecule has 8 nitrogen and oxygen atoms in total. The van der Waals surface area contributed by atoms with Gasteiger partial charge in [-0.1, -0.05) is 12.1 Å². The van der Waals surface area contributed by atoms with Crippen LogP contribution in [0.3, 0.4) is 0 Å². The van der Waals surface area contributed by atoms with E-state index >= 15 is 0 Å². The van der Waals surface area contributed by atoms with E-state index in [2.05, 4.69) is 9.97 Å². The van der Waals surface area contributed by atoms with Gasteiger partial charge in [0.1, 0.15) is 11.4 Å². The lowest BCUT2D eigenvalue weighted by Crippen LogP contribution is -2.41. The van der Waals surface area contributed by atoms with Gasteiger partial charge in [0.25, 0.3) is 0 Å². The minimum atomic E-state index is -5.13. The Bertz CT molecular complexity index is 1540. The number of nitrogens with zero attached hydrogens (tertiary/aromatic N) is 3. The summed E-state index contributed by atoms with van der Waals surface area (Å²) in [6, 6.07) is 12.3. The zero-order valence-electron chi connectivity index (χ0n) is 22.2. The van der Waals surface area contributed by atoms with Gasteiger partial charge < -0.3 is 14.2 Å². The van der Waals surface area contributed by atoms with E-state index in [1.165, 1.54) is 51.0 Å². The standard InChI is InChI=1S/C29H26F3N3O5/c1-17(2)40-21-7-5-6-18(12-21)27(36)26-23-14-25(39-4)24(38-3)13-22(23)19(15-34-26)16-35(28(37)29(30,31)32)20-8-10-33-11-9-20/h5-15,17H,16H2,1-4H3. The molecule has 11 heteroatoms. The van der Waals surface area contributed by atoms with Crippen LogP contribution in [0.2, 0.25) is 0 Å². The second-order valence-electron chi connectivity index (χ2n) is 9.00. The number of halogens is 3. The number of ether oxygens (including phenoxy) is 3. The molecule has 2 aromatic carbocycles. The summed E-state index contributed by atoms with van der Waals surface area (Å²) in [4.78, 5) is 34.8. The van der Waals surface area contributed by atoms with Gasteiger partial charge in [-0.05, 0) is 61.2 Å². The van der Waals surface area contributed by atoms with Gasteiger partial charge in [-0.25, -0.2) is 0 Å². The number of aromatic nitrogens is 2. The van der Waals surface area contributed by atoms with Crippen LogP contribution in [-0.2, 0) is 11.3 Å². The molecule has 2 heterocycles. The molecule has 2 aromatic heterocycles. The van der Waals surface area contributed by atoms with Crippen LogP contribution in [0.4, 0.5) is 18.9 Å². The molecule has 0 bridgehead atoms. The van der Waals surface area contributed by atoms with E-state index in [4.69, 9.17) is 14.2 Å². The third-order valence-electron chi connectivity index (χ3n) is 5.95. The lowest BCUT2D eigenvalue weighted by Gasteiger charge is -2.25. The summed E-state index contributed by atoms with van der Waals surface area (Å²) in [7, 11) is 2.83. The van der Waals surface area contributed by atoms with Crippen molar-refractivity contribution in [2.45, 2.75) is 32.7 Å². The van der Waals surface area contributed by atoms with Crippen LogP contribution in [-0.4, -0.2) is 48.2 Å². The zero-order valence-corrected chi connectivity index (χ0v) is 22.2.